The quantitative estimate of drug-likeness (QED) is 0.0428. The van der Waals surface area contributed by atoms with Crippen molar-refractivity contribution in [2.75, 3.05) is 11.5 Å². The van der Waals surface area contributed by atoms with Crippen LogP contribution in [0.3, 0.4) is 0 Å². The highest BCUT2D eigenvalue weighted by molar-refractivity contribution is 9.10. The van der Waals surface area contributed by atoms with E-state index in [4.69, 9.17) is 25.9 Å². The third-order valence-corrected chi connectivity index (χ3v) is 18.6. The first-order valence-corrected chi connectivity index (χ1v) is 33.2. The zero-order chi connectivity index (χ0) is 79.7. The maximum absolute atomic E-state index is 13.9. The summed E-state index contributed by atoms with van der Waals surface area (Å²) in [5, 5.41) is 30.5. The first-order chi connectivity index (χ1) is 51.3. The SMILES string of the molecule is Cn1ncc2c(=O)[nH]c3cc(F)c(F)cc3c21.Cn1ncc2c(=O)n(CCC(=O)Cc3ccc(F)cc3F)c3cc(F)c(F)cc3c21.Cn1ncc2c(=O)n(CCC(=O)O)c3cc(F)c(F)cc3c21.Cn1nccc1-c1cc(F)c(F)cc1N.Cn1nccc1B1OC(C)(C)C(C)(C)O1.Nc1cc(F)c(F)cc1Br. The Kier molecular flexibility index (Phi) is 23.3. The molecule has 0 unspecified atom stereocenters. The first kappa shape index (κ1) is 79.7. The number of aliphatic carboxylic acids is 1. The van der Waals surface area contributed by atoms with Crippen molar-refractivity contribution in [3.05, 3.63) is 233 Å². The summed E-state index contributed by atoms with van der Waals surface area (Å²) in [6, 6.07) is 16.3. The number of nitrogens with two attached hydrogens (primary N) is 2. The van der Waals surface area contributed by atoms with Crippen LogP contribution < -0.4 is 33.7 Å². The van der Waals surface area contributed by atoms with E-state index < -0.39 is 92.7 Å². The van der Waals surface area contributed by atoms with Crippen molar-refractivity contribution in [2.45, 2.75) is 71.2 Å². The number of halogens is 13. The molecular weight excluding hydrogens is 1520 g/mol. The molecule has 15 rings (SSSR count). The van der Waals surface area contributed by atoms with Crippen molar-refractivity contribution >= 4 is 117 Å². The lowest BCUT2D eigenvalue weighted by atomic mass is 9.85. The number of rotatable bonds is 10. The van der Waals surface area contributed by atoms with Crippen molar-refractivity contribution in [1.29, 1.82) is 0 Å². The molecule has 1 fully saturated rings. The summed E-state index contributed by atoms with van der Waals surface area (Å²) >= 11 is 2.95. The molecule has 8 aromatic heterocycles. The van der Waals surface area contributed by atoms with Crippen LogP contribution in [-0.4, -0.2) is 98.2 Å². The molecule has 6 N–H and O–H groups in total. The van der Waals surface area contributed by atoms with Crippen LogP contribution in [0.15, 0.2) is 141 Å². The molecule has 0 aliphatic carbocycles. The Morgan fingerprint density at radius 1 is 0.495 bits per heavy atom. The fourth-order valence-corrected chi connectivity index (χ4v) is 11.9. The lowest BCUT2D eigenvalue weighted by molar-refractivity contribution is -0.137. The molecule has 0 spiro atoms. The van der Waals surface area contributed by atoms with Gasteiger partial charge in [0.1, 0.15) is 17.4 Å². The molecule has 23 nitrogen and oxygen atoms in total. The lowest BCUT2D eigenvalue weighted by Crippen LogP contribution is -2.41. The molecule has 14 aromatic rings. The van der Waals surface area contributed by atoms with Crippen LogP contribution in [0.1, 0.15) is 46.1 Å². The molecule has 0 amide bonds. The molecule has 1 aliphatic rings. The number of Topliss-reactive ketones (excluding diaryl/α,β-unsaturated/α-hetero) is 1. The van der Waals surface area contributed by atoms with Crippen LogP contribution >= 0.6 is 15.9 Å². The minimum absolute atomic E-state index is 0.0365. The number of ketones is 1. The minimum Gasteiger partial charge on any atom is -0.481 e. The Hall–Kier alpha value is -11.9. The predicted octanol–water partition coefficient (Wildman–Crippen LogP) is 12.0. The van der Waals surface area contributed by atoms with E-state index >= 15 is 0 Å². The second-order valence-electron chi connectivity index (χ2n) is 25.6. The summed E-state index contributed by atoms with van der Waals surface area (Å²) in [5.74, 6) is -13.0. The van der Waals surface area contributed by atoms with Gasteiger partial charge in [0.15, 0.2) is 58.2 Å². The van der Waals surface area contributed by atoms with E-state index in [0.717, 1.165) is 76.9 Å². The van der Waals surface area contributed by atoms with E-state index in [0.29, 0.717) is 54.5 Å². The minimum atomic E-state index is -1.13. The largest absolute Gasteiger partial charge is 0.514 e. The topological polar surface area (TPSA) is 291 Å². The van der Waals surface area contributed by atoms with Crippen molar-refractivity contribution in [1.82, 2.24) is 63.0 Å². The van der Waals surface area contributed by atoms with Gasteiger partial charge in [-0.25, -0.2) is 52.7 Å². The van der Waals surface area contributed by atoms with Gasteiger partial charge in [0, 0.05) is 148 Å². The number of hydrogen-bond acceptors (Lipinski definition) is 14. The number of carbonyl (C=O) groups excluding carboxylic acids is 1. The van der Waals surface area contributed by atoms with Gasteiger partial charge in [0.2, 0.25) is 0 Å². The van der Waals surface area contributed by atoms with Crippen LogP contribution in [0.25, 0.3) is 76.7 Å². The number of anilines is 2. The molecule has 1 aliphatic heterocycles. The van der Waals surface area contributed by atoms with Crippen LogP contribution in [0.4, 0.5) is 64.1 Å². The number of carboxylic acids is 1. The molecule has 1 saturated heterocycles. The van der Waals surface area contributed by atoms with Crippen LogP contribution in [0, 0.1) is 69.8 Å². The van der Waals surface area contributed by atoms with Gasteiger partial charge in [-0.2, -0.15) is 25.5 Å². The normalized spacial score (nSPS) is 12.8. The summed E-state index contributed by atoms with van der Waals surface area (Å²) in [6.45, 7) is 7.92. The maximum atomic E-state index is 13.9. The number of fused-ring (bicyclic) bond motifs is 9. The van der Waals surface area contributed by atoms with Crippen LogP contribution in [0.2, 0.25) is 0 Å². The molecule has 6 aromatic carbocycles. The second-order valence-corrected chi connectivity index (χ2v) is 26.5. The van der Waals surface area contributed by atoms with E-state index in [-0.39, 0.29) is 106 Å². The number of pyridine rings is 3. The Bertz CT molecular complexity index is 6030. The molecule has 0 radical (unpaired) electrons. The number of hydrogen-bond donors (Lipinski definition) is 4. The van der Waals surface area contributed by atoms with Gasteiger partial charge in [0.05, 0.1) is 96.8 Å². The second kappa shape index (κ2) is 31.9. The fourth-order valence-electron chi connectivity index (χ4n) is 11.6. The van der Waals surface area contributed by atoms with Gasteiger partial charge >= 0.3 is 13.1 Å². The van der Waals surface area contributed by atoms with E-state index in [2.05, 4.69) is 46.4 Å². The van der Waals surface area contributed by atoms with Gasteiger partial charge in [-0.05, 0) is 97.7 Å². The Morgan fingerprint density at radius 3 is 1.42 bits per heavy atom. The zero-order valence-corrected chi connectivity index (χ0v) is 60.5. The highest BCUT2D eigenvalue weighted by atomic mass is 79.9. The summed E-state index contributed by atoms with van der Waals surface area (Å²) in [6.07, 6.45) is 6.62. The Labute approximate surface area is 616 Å². The molecule has 37 heteroatoms. The fraction of sp³-hybridized carbons (Fsp3) is 0.222. The third kappa shape index (κ3) is 16.8. The van der Waals surface area contributed by atoms with Crippen LogP contribution in [0.5, 0.6) is 0 Å². The lowest BCUT2D eigenvalue weighted by Gasteiger charge is -2.32. The van der Waals surface area contributed by atoms with Gasteiger partial charge in [-0.15, -0.1) is 0 Å². The van der Waals surface area contributed by atoms with E-state index in [9.17, 15) is 76.7 Å². The van der Waals surface area contributed by atoms with Gasteiger partial charge in [-0.1, -0.05) is 6.07 Å². The van der Waals surface area contributed by atoms with E-state index in [1.165, 1.54) is 43.3 Å². The smallest absolute Gasteiger partial charge is 0.481 e. The number of carboxylic acid groups (broad SMARTS) is 1. The number of nitrogen functional groups attached to an aromatic ring is 2. The van der Waals surface area contributed by atoms with Crippen molar-refractivity contribution < 1.29 is 76.7 Å². The molecule has 109 heavy (non-hydrogen) atoms. The Morgan fingerprint density at radius 2 is 0.936 bits per heavy atom. The number of carbonyl (C=O) groups is 2. The number of aryl methyl sites for hydroxylation is 7. The van der Waals surface area contributed by atoms with E-state index in [1.807, 2.05) is 40.8 Å². The van der Waals surface area contributed by atoms with Crippen LogP contribution in [-0.2, 0) is 73.6 Å². The highest BCUT2D eigenvalue weighted by Gasteiger charge is 2.52. The van der Waals surface area contributed by atoms with Gasteiger partial charge in [0.25, 0.3) is 16.7 Å². The molecule has 0 saturated carbocycles. The molecule has 9 heterocycles. The number of nitrogens with zero attached hydrogens (tertiary/aromatic N) is 12. The monoisotopic (exact) mass is 1580 g/mol. The average molecular weight is 1590 g/mol. The number of H-pyrrole nitrogens is 1. The summed E-state index contributed by atoms with van der Waals surface area (Å²) in [5.41, 5.74) is 13.1. The molecule has 0 atom stereocenters. The molecule has 568 valence electrons. The van der Waals surface area contributed by atoms with Crippen molar-refractivity contribution in [2.24, 2.45) is 35.2 Å². The summed E-state index contributed by atoms with van der Waals surface area (Å²) in [7, 11) is 8.08. The number of aromatic amines is 1. The number of aromatic nitrogens is 13. The molecule has 0 bridgehead atoms. The summed E-state index contributed by atoms with van der Waals surface area (Å²) in [4.78, 5) is 62.6. The zero-order valence-electron chi connectivity index (χ0n) is 58.9. The van der Waals surface area contributed by atoms with Gasteiger partial charge in [-0.3, -0.25) is 47.4 Å². The van der Waals surface area contributed by atoms with Crippen molar-refractivity contribution in [3.8, 4) is 11.3 Å². The van der Waals surface area contributed by atoms with Crippen molar-refractivity contribution in [3.63, 3.8) is 0 Å². The van der Waals surface area contributed by atoms with Gasteiger partial charge < -0.3 is 40.0 Å². The highest BCUT2D eigenvalue weighted by Crippen LogP contribution is 2.37. The summed E-state index contributed by atoms with van der Waals surface area (Å²) < 4.78 is 180. The Balaban J connectivity index is 0.000000144. The number of benzene rings is 6. The third-order valence-electron chi connectivity index (χ3n) is 17.9. The van der Waals surface area contributed by atoms with E-state index in [1.54, 1.807) is 56.0 Å². The average Bonchev–Trinajstić information content (AvgIpc) is 1.69. The standard InChI is InChI=1S/C21H15F4N3O2.C14H11F2N3O3.C11H7F2N3O.C10H17BN2O2.C10H9F2N3.C6H4BrF2N/c1-27-20-14-8-17(24)18(25)9-19(14)28(21(30)15(20)10-26-27)5-4-13(29)6-11-2-3-12(22)7-16(11)23;1-18-13-7-4-9(15)10(16)5-11(7)19(3-2-12(20)21)14(22)8(13)6-17-18;1-16-10-5-2-7(12)8(13)3-9(5)15-11(17)6(10)4-14-16;1-9(2)10(3,4)15-11(14-9)8-6-7-12-13(8)5;1-15-10(2-3-14-15)6-4-7(11)8(12)5-9(6)13;7-3-1-4(8)5(9)2-6(3)10/h2-3,7-10H,4-6H2,1H3;4-6H,2-3H2,1H3,(H,20,21);2-4H,1H3,(H,15,17);6-7H,1-5H3;2-5H,13H2,1H3;1-2H,10H2. The first-order valence-electron chi connectivity index (χ1n) is 32.4. The molecular formula is C72H63BBrF12N15O8. The number of nitrogens with one attached hydrogen (secondary N) is 1. The predicted molar refractivity (Wildman–Crippen MR) is 386 cm³/mol. The maximum Gasteiger partial charge on any atom is 0.514 e.